The zero-order valence-electron chi connectivity index (χ0n) is 6.61. The molecule has 0 atom stereocenters. The van der Waals surface area contributed by atoms with Crippen molar-refractivity contribution in [3.63, 3.8) is 0 Å². The van der Waals surface area contributed by atoms with Crippen molar-refractivity contribution >= 4 is 5.69 Å². The largest absolute Gasteiger partial charge is 0.324 e. The van der Waals surface area contributed by atoms with Gasteiger partial charge in [-0.3, -0.25) is 5.84 Å². The summed E-state index contributed by atoms with van der Waals surface area (Å²) in [6.45, 7) is 3.60. The number of hydrogen-bond donors (Lipinski definition) is 2. The lowest BCUT2D eigenvalue weighted by Gasteiger charge is -2.05. The van der Waals surface area contributed by atoms with Crippen molar-refractivity contribution in [3.8, 4) is 0 Å². The summed E-state index contributed by atoms with van der Waals surface area (Å²) < 4.78 is 12.9. The maximum Gasteiger partial charge on any atom is 0.128 e. The van der Waals surface area contributed by atoms with Crippen LogP contribution in [0.15, 0.2) is 12.1 Å². The molecule has 0 fully saturated rings. The number of aryl methyl sites for hydroxylation is 2. The lowest BCUT2D eigenvalue weighted by molar-refractivity contribution is 0.618. The monoisotopic (exact) mass is 154 g/mol. The molecule has 60 valence electrons. The highest BCUT2D eigenvalue weighted by atomic mass is 19.1. The van der Waals surface area contributed by atoms with Crippen LogP contribution in [0.1, 0.15) is 11.1 Å². The van der Waals surface area contributed by atoms with Crippen LogP contribution in [0.5, 0.6) is 0 Å². The minimum absolute atomic E-state index is 0.233. The van der Waals surface area contributed by atoms with E-state index in [-0.39, 0.29) is 5.82 Å². The van der Waals surface area contributed by atoms with Gasteiger partial charge in [0.25, 0.3) is 0 Å². The Labute approximate surface area is 65.2 Å². The SMILES string of the molecule is Cc1cc(C)c(NN)cc1F. The Bertz CT molecular complexity index is 271. The first-order valence-electron chi connectivity index (χ1n) is 3.38. The molecule has 0 heterocycles. The van der Waals surface area contributed by atoms with Crippen molar-refractivity contribution < 1.29 is 4.39 Å². The van der Waals surface area contributed by atoms with Crippen molar-refractivity contribution in [2.45, 2.75) is 13.8 Å². The quantitative estimate of drug-likeness (QED) is 0.477. The summed E-state index contributed by atoms with van der Waals surface area (Å²) in [4.78, 5) is 0. The molecule has 0 amide bonds. The molecule has 3 heteroatoms. The van der Waals surface area contributed by atoms with Crippen molar-refractivity contribution in [1.29, 1.82) is 0 Å². The minimum atomic E-state index is -0.233. The highest BCUT2D eigenvalue weighted by Gasteiger charge is 2.01. The summed E-state index contributed by atoms with van der Waals surface area (Å²) in [5.41, 5.74) is 4.65. The number of anilines is 1. The van der Waals surface area contributed by atoms with Gasteiger partial charge in [0.15, 0.2) is 0 Å². The van der Waals surface area contributed by atoms with Crippen LogP contribution in [0, 0.1) is 19.7 Å². The highest BCUT2D eigenvalue weighted by molar-refractivity contribution is 5.51. The standard InChI is InChI=1S/C8H11FN2/c1-5-3-6(2)8(11-10)4-7(5)9/h3-4,11H,10H2,1-2H3. The summed E-state index contributed by atoms with van der Waals surface area (Å²) in [5, 5.41) is 0. The van der Waals surface area contributed by atoms with Gasteiger partial charge in [0.2, 0.25) is 0 Å². The van der Waals surface area contributed by atoms with Crippen molar-refractivity contribution in [2.24, 2.45) is 5.84 Å². The van der Waals surface area contributed by atoms with E-state index in [1.54, 1.807) is 13.0 Å². The van der Waals surface area contributed by atoms with Crippen molar-refractivity contribution in [1.82, 2.24) is 0 Å². The predicted molar refractivity (Wildman–Crippen MR) is 43.7 cm³/mol. The normalized spacial score (nSPS) is 9.82. The van der Waals surface area contributed by atoms with Crippen LogP contribution in [-0.2, 0) is 0 Å². The summed E-state index contributed by atoms with van der Waals surface area (Å²) >= 11 is 0. The zero-order chi connectivity index (χ0) is 8.43. The van der Waals surface area contributed by atoms with E-state index in [9.17, 15) is 4.39 Å². The Morgan fingerprint density at radius 1 is 1.27 bits per heavy atom. The minimum Gasteiger partial charge on any atom is -0.324 e. The highest BCUT2D eigenvalue weighted by Crippen LogP contribution is 2.17. The van der Waals surface area contributed by atoms with E-state index in [2.05, 4.69) is 5.43 Å². The van der Waals surface area contributed by atoms with E-state index < -0.39 is 0 Å². The number of nitrogens with two attached hydrogens (primary N) is 1. The van der Waals surface area contributed by atoms with Gasteiger partial charge in [-0.05, 0) is 31.0 Å². The smallest absolute Gasteiger partial charge is 0.128 e. The number of hydrogen-bond acceptors (Lipinski definition) is 2. The number of nitrogen functional groups attached to an aromatic ring is 1. The number of halogens is 1. The number of rotatable bonds is 1. The van der Waals surface area contributed by atoms with Crippen LogP contribution in [0.2, 0.25) is 0 Å². The van der Waals surface area contributed by atoms with Crippen LogP contribution in [0.4, 0.5) is 10.1 Å². The fourth-order valence-corrected chi connectivity index (χ4v) is 0.981. The lowest BCUT2D eigenvalue weighted by atomic mass is 10.1. The summed E-state index contributed by atoms with van der Waals surface area (Å²) in [5.74, 6) is 4.92. The van der Waals surface area contributed by atoms with Gasteiger partial charge in [0.05, 0.1) is 5.69 Å². The first-order chi connectivity index (χ1) is 5.15. The van der Waals surface area contributed by atoms with Gasteiger partial charge < -0.3 is 5.43 Å². The zero-order valence-corrected chi connectivity index (χ0v) is 6.61. The first kappa shape index (κ1) is 8.01. The molecule has 11 heavy (non-hydrogen) atoms. The first-order valence-corrected chi connectivity index (χ1v) is 3.38. The van der Waals surface area contributed by atoms with Gasteiger partial charge in [-0.15, -0.1) is 0 Å². The van der Waals surface area contributed by atoms with Gasteiger partial charge in [0.1, 0.15) is 5.82 Å². The number of benzene rings is 1. The van der Waals surface area contributed by atoms with Crippen molar-refractivity contribution in [2.75, 3.05) is 5.43 Å². The molecule has 0 bridgehead atoms. The van der Waals surface area contributed by atoms with Crippen LogP contribution < -0.4 is 11.3 Å². The molecule has 0 spiro atoms. The van der Waals surface area contributed by atoms with E-state index in [1.165, 1.54) is 6.07 Å². The molecule has 1 aromatic rings. The van der Waals surface area contributed by atoms with Crippen LogP contribution >= 0.6 is 0 Å². The van der Waals surface area contributed by atoms with Gasteiger partial charge >= 0.3 is 0 Å². The molecule has 0 unspecified atom stereocenters. The molecule has 0 aliphatic carbocycles. The molecular weight excluding hydrogens is 143 g/mol. The molecule has 0 saturated heterocycles. The third-order valence-corrected chi connectivity index (χ3v) is 1.66. The molecule has 0 radical (unpaired) electrons. The van der Waals surface area contributed by atoms with Gasteiger partial charge in [0, 0.05) is 0 Å². The summed E-state index contributed by atoms with van der Waals surface area (Å²) in [6, 6.07) is 3.15. The average Bonchev–Trinajstić information content (AvgIpc) is 1.97. The maximum atomic E-state index is 12.9. The molecule has 1 aromatic carbocycles. The van der Waals surface area contributed by atoms with E-state index in [1.807, 2.05) is 6.92 Å². The average molecular weight is 154 g/mol. The van der Waals surface area contributed by atoms with Crippen LogP contribution in [0.25, 0.3) is 0 Å². The van der Waals surface area contributed by atoms with E-state index >= 15 is 0 Å². The number of hydrazine groups is 1. The molecule has 3 N–H and O–H groups in total. The molecule has 2 nitrogen and oxygen atoms in total. The van der Waals surface area contributed by atoms with Gasteiger partial charge in [-0.1, -0.05) is 6.07 Å². The lowest BCUT2D eigenvalue weighted by Crippen LogP contribution is -2.08. The van der Waals surface area contributed by atoms with E-state index in [4.69, 9.17) is 5.84 Å². The fourth-order valence-electron chi connectivity index (χ4n) is 0.981. The third kappa shape index (κ3) is 1.49. The molecule has 0 aliphatic rings. The second-order valence-corrected chi connectivity index (χ2v) is 2.56. The Morgan fingerprint density at radius 3 is 2.45 bits per heavy atom. The fraction of sp³-hybridized carbons (Fsp3) is 0.250. The summed E-state index contributed by atoms with van der Waals surface area (Å²) in [6.07, 6.45) is 0. The predicted octanol–water partition coefficient (Wildman–Crippen LogP) is 1.73. The third-order valence-electron chi connectivity index (χ3n) is 1.66. The van der Waals surface area contributed by atoms with Gasteiger partial charge in [-0.25, -0.2) is 4.39 Å². The van der Waals surface area contributed by atoms with E-state index in [0.717, 1.165) is 5.56 Å². The Kier molecular flexibility index (Phi) is 2.10. The van der Waals surface area contributed by atoms with Crippen LogP contribution in [0.3, 0.4) is 0 Å². The topological polar surface area (TPSA) is 38.0 Å². The Morgan fingerprint density at radius 2 is 1.91 bits per heavy atom. The molecule has 0 aromatic heterocycles. The second kappa shape index (κ2) is 2.88. The molecular formula is C8H11FN2. The van der Waals surface area contributed by atoms with Crippen molar-refractivity contribution in [3.05, 3.63) is 29.1 Å². The molecule has 1 rings (SSSR count). The van der Waals surface area contributed by atoms with Gasteiger partial charge in [-0.2, -0.15) is 0 Å². The second-order valence-electron chi connectivity index (χ2n) is 2.56. The van der Waals surface area contributed by atoms with E-state index in [0.29, 0.717) is 11.3 Å². The van der Waals surface area contributed by atoms with Crippen LogP contribution in [-0.4, -0.2) is 0 Å². The number of nitrogens with one attached hydrogen (secondary N) is 1. The Balaban J connectivity index is 3.21. The summed E-state index contributed by atoms with van der Waals surface area (Å²) in [7, 11) is 0. The molecule has 0 saturated carbocycles. The maximum absolute atomic E-state index is 12.9. The Hall–Kier alpha value is -1.09. The molecule has 0 aliphatic heterocycles.